The van der Waals surface area contributed by atoms with E-state index in [1.165, 1.54) is 10.4 Å². The molecule has 0 saturated carbocycles. The number of nitrogens with zero attached hydrogens (tertiary/aromatic N) is 1. The molecule has 1 aromatic carbocycles. The van der Waals surface area contributed by atoms with Gasteiger partial charge in [-0.3, -0.25) is 0 Å². The minimum Gasteiger partial charge on any atom is -0.495 e. The minimum atomic E-state index is 0.365. The number of hydrogen-bond donors (Lipinski definition) is 1. The molecule has 0 aliphatic heterocycles. The summed E-state index contributed by atoms with van der Waals surface area (Å²) in [5, 5.41) is 1.31. The van der Waals surface area contributed by atoms with Crippen LogP contribution in [0.4, 0.5) is 5.13 Å². The Balaban J connectivity index is 2.03. The standard InChI is InChI=1S/C14H15ClN2OS/c1-18-12-7-8(5-6-10(12)15)9-3-2-4-11-13(9)19-14(16)17-11/h5-7,9H,2-4H2,1H3,(H2,16,17). The van der Waals surface area contributed by atoms with Gasteiger partial charge in [-0.15, -0.1) is 11.3 Å². The van der Waals surface area contributed by atoms with Gasteiger partial charge < -0.3 is 10.5 Å². The fourth-order valence-corrected chi connectivity index (χ4v) is 3.89. The van der Waals surface area contributed by atoms with Crippen molar-refractivity contribution >= 4 is 28.1 Å². The van der Waals surface area contributed by atoms with Gasteiger partial charge in [-0.2, -0.15) is 0 Å². The summed E-state index contributed by atoms with van der Waals surface area (Å²) in [5.74, 6) is 1.09. The van der Waals surface area contributed by atoms with Crippen LogP contribution in [0.1, 0.15) is 34.9 Å². The van der Waals surface area contributed by atoms with Crippen molar-refractivity contribution in [3.63, 3.8) is 0 Å². The molecule has 1 atom stereocenters. The first kappa shape index (κ1) is 12.8. The van der Waals surface area contributed by atoms with Crippen LogP contribution >= 0.6 is 22.9 Å². The van der Waals surface area contributed by atoms with Crippen molar-refractivity contribution in [2.24, 2.45) is 0 Å². The Morgan fingerprint density at radius 2 is 2.32 bits per heavy atom. The van der Waals surface area contributed by atoms with Crippen LogP contribution in [0.25, 0.3) is 0 Å². The van der Waals surface area contributed by atoms with Crippen LogP contribution in [0.15, 0.2) is 18.2 Å². The summed E-state index contributed by atoms with van der Waals surface area (Å²) in [7, 11) is 1.64. The van der Waals surface area contributed by atoms with E-state index < -0.39 is 0 Å². The smallest absolute Gasteiger partial charge is 0.180 e. The summed E-state index contributed by atoms with van der Waals surface area (Å²) in [6, 6.07) is 5.99. The third-order valence-corrected chi connectivity index (χ3v) is 4.90. The summed E-state index contributed by atoms with van der Waals surface area (Å²) in [5.41, 5.74) is 8.23. The van der Waals surface area contributed by atoms with E-state index in [0.29, 0.717) is 16.1 Å². The number of anilines is 1. The highest BCUT2D eigenvalue weighted by Crippen LogP contribution is 2.42. The van der Waals surface area contributed by atoms with Gasteiger partial charge in [0.05, 0.1) is 17.8 Å². The summed E-state index contributed by atoms with van der Waals surface area (Å²) in [6.07, 6.45) is 3.30. The van der Waals surface area contributed by atoms with Gasteiger partial charge in [0, 0.05) is 10.8 Å². The van der Waals surface area contributed by atoms with Gasteiger partial charge in [0.15, 0.2) is 5.13 Å². The maximum atomic E-state index is 6.08. The first-order valence-corrected chi connectivity index (χ1v) is 7.47. The molecule has 3 rings (SSSR count). The van der Waals surface area contributed by atoms with E-state index in [4.69, 9.17) is 22.1 Å². The van der Waals surface area contributed by atoms with Crippen molar-refractivity contribution in [1.82, 2.24) is 4.98 Å². The number of thiazole rings is 1. The number of methoxy groups -OCH3 is 1. The molecule has 5 heteroatoms. The number of ether oxygens (including phenoxy) is 1. The van der Waals surface area contributed by atoms with Crippen LogP contribution < -0.4 is 10.5 Å². The first-order valence-electron chi connectivity index (χ1n) is 6.27. The van der Waals surface area contributed by atoms with E-state index in [1.54, 1.807) is 18.4 Å². The van der Waals surface area contributed by atoms with E-state index in [2.05, 4.69) is 11.1 Å². The Morgan fingerprint density at radius 3 is 3.11 bits per heavy atom. The fraction of sp³-hybridized carbons (Fsp3) is 0.357. The van der Waals surface area contributed by atoms with Crippen LogP contribution in [-0.2, 0) is 6.42 Å². The number of hydrogen-bond acceptors (Lipinski definition) is 4. The van der Waals surface area contributed by atoms with E-state index in [9.17, 15) is 0 Å². The highest BCUT2D eigenvalue weighted by Gasteiger charge is 2.26. The average molecular weight is 295 g/mol. The molecule has 1 aliphatic rings. The summed E-state index contributed by atoms with van der Waals surface area (Å²) in [6.45, 7) is 0. The molecule has 1 heterocycles. The normalized spacial score (nSPS) is 18.1. The van der Waals surface area contributed by atoms with Gasteiger partial charge in [0.25, 0.3) is 0 Å². The van der Waals surface area contributed by atoms with Crippen LogP contribution in [-0.4, -0.2) is 12.1 Å². The van der Waals surface area contributed by atoms with E-state index in [-0.39, 0.29) is 0 Å². The van der Waals surface area contributed by atoms with Crippen molar-refractivity contribution < 1.29 is 4.74 Å². The van der Waals surface area contributed by atoms with E-state index in [0.717, 1.165) is 30.7 Å². The van der Waals surface area contributed by atoms with Crippen LogP contribution in [0.5, 0.6) is 5.75 Å². The highest BCUT2D eigenvalue weighted by molar-refractivity contribution is 7.15. The molecule has 0 spiro atoms. The van der Waals surface area contributed by atoms with Crippen molar-refractivity contribution in [3.05, 3.63) is 39.4 Å². The second-order valence-corrected chi connectivity index (χ2v) is 6.17. The Bertz CT molecular complexity index is 611. The number of halogens is 1. The predicted octanol–water partition coefficient (Wildman–Crippen LogP) is 3.86. The third-order valence-electron chi connectivity index (χ3n) is 3.54. The summed E-state index contributed by atoms with van der Waals surface area (Å²) in [4.78, 5) is 5.73. The minimum absolute atomic E-state index is 0.365. The molecule has 100 valence electrons. The number of fused-ring (bicyclic) bond motifs is 1. The quantitative estimate of drug-likeness (QED) is 0.915. The van der Waals surface area contributed by atoms with Gasteiger partial charge in [-0.25, -0.2) is 4.98 Å². The number of aromatic nitrogens is 1. The Morgan fingerprint density at radius 1 is 1.47 bits per heavy atom. The zero-order valence-corrected chi connectivity index (χ0v) is 12.2. The molecule has 0 amide bonds. The van der Waals surface area contributed by atoms with Crippen molar-refractivity contribution in [3.8, 4) is 5.75 Å². The van der Waals surface area contributed by atoms with Crippen molar-refractivity contribution in [1.29, 1.82) is 0 Å². The predicted molar refractivity (Wildman–Crippen MR) is 79.3 cm³/mol. The van der Waals surface area contributed by atoms with Gasteiger partial charge in [-0.05, 0) is 37.0 Å². The molecular formula is C14H15ClN2OS. The monoisotopic (exact) mass is 294 g/mol. The Hall–Kier alpha value is -1.26. The molecule has 0 bridgehead atoms. The lowest BCUT2D eigenvalue weighted by Crippen LogP contribution is -2.09. The first-order chi connectivity index (χ1) is 9.19. The summed E-state index contributed by atoms with van der Waals surface area (Å²) < 4.78 is 5.30. The van der Waals surface area contributed by atoms with E-state index >= 15 is 0 Å². The van der Waals surface area contributed by atoms with Crippen LogP contribution in [0, 0.1) is 0 Å². The van der Waals surface area contributed by atoms with Crippen LogP contribution in [0.3, 0.4) is 0 Å². The SMILES string of the molecule is COc1cc(C2CCCc3nc(N)sc32)ccc1Cl. The van der Waals surface area contributed by atoms with Gasteiger partial charge in [0.2, 0.25) is 0 Å². The van der Waals surface area contributed by atoms with Crippen LogP contribution in [0.2, 0.25) is 5.02 Å². The zero-order valence-electron chi connectivity index (χ0n) is 10.6. The van der Waals surface area contributed by atoms with Crippen molar-refractivity contribution in [2.45, 2.75) is 25.2 Å². The maximum Gasteiger partial charge on any atom is 0.180 e. The molecule has 19 heavy (non-hydrogen) atoms. The molecule has 1 aromatic heterocycles. The average Bonchev–Trinajstić information content (AvgIpc) is 2.79. The van der Waals surface area contributed by atoms with Gasteiger partial charge >= 0.3 is 0 Å². The molecule has 1 aliphatic carbocycles. The Labute approximate surface area is 121 Å². The fourth-order valence-electron chi connectivity index (χ4n) is 2.65. The number of nitrogens with two attached hydrogens (primary N) is 1. The molecular weight excluding hydrogens is 280 g/mol. The van der Waals surface area contributed by atoms with E-state index in [1.807, 2.05) is 12.1 Å². The maximum absolute atomic E-state index is 6.08. The largest absolute Gasteiger partial charge is 0.495 e. The molecule has 2 aromatic rings. The Kier molecular flexibility index (Phi) is 3.37. The second kappa shape index (κ2) is 5.02. The topological polar surface area (TPSA) is 48.1 Å². The highest BCUT2D eigenvalue weighted by atomic mass is 35.5. The molecule has 0 saturated heterocycles. The lowest BCUT2D eigenvalue weighted by Gasteiger charge is -2.22. The lowest BCUT2D eigenvalue weighted by molar-refractivity contribution is 0.414. The van der Waals surface area contributed by atoms with Gasteiger partial charge in [0.1, 0.15) is 5.75 Å². The van der Waals surface area contributed by atoms with Crippen molar-refractivity contribution in [2.75, 3.05) is 12.8 Å². The zero-order chi connectivity index (χ0) is 13.4. The van der Waals surface area contributed by atoms with Gasteiger partial charge in [-0.1, -0.05) is 17.7 Å². The molecule has 2 N–H and O–H groups in total. The number of benzene rings is 1. The number of aryl methyl sites for hydroxylation is 1. The molecule has 3 nitrogen and oxygen atoms in total. The molecule has 0 fully saturated rings. The number of nitrogen functional groups attached to an aromatic ring is 1. The summed E-state index contributed by atoms with van der Waals surface area (Å²) >= 11 is 7.69. The second-order valence-electron chi connectivity index (χ2n) is 4.70. The third kappa shape index (κ3) is 2.30. The number of rotatable bonds is 2. The molecule has 0 radical (unpaired) electrons. The lowest BCUT2D eigenvalue weighted by atomic mass is 9.86. The molecule has 1 unspecified atom stereocenters.